The summed E-state index contributed by atoms with van der Waals surface area (Å²) in [5.74, 6) is 0.819. The molecule has 22 heavy (non-hydrogen) atoms. The smallest absolute Gasteiger partial charge is 0.152 e. The maximum atomic E-state index is 4.45. The molecule has 4 nitrogen and oxygen atoms in total. The monoisotopic (exact) mass is 296 g/mol. The zero-order chi connectivity index (χ0) is 15.4. The van der Waals surface area contributed by atoms with Crippen LogP contribution in [0.5, 0.6) is 0 Å². The Morgan fingerprint density at radius 2 is 1.68 bits per heavy atom. The molecule has 4 heteroatoms. The molecule has 1 aromatic carbocycles. The van der Waals surface area contributed by atoms with Gasteiger partial charge in [-0.3, -0.25) is 9.88 Å². The molecule has 0 saturated carbocycles. The van der Waals surface area contributed by atoms with Gasteiger partial charge in [-0.15, -0.1) is 0 Å². The fraction of sp³-hybridized carbons (Fsp3) is 0.444. The summed E-state index contributed by atoms with van der Waals surface area (Å²) in [4.78, 5) is 11.4. The van der Waals surface area contributed by atoms with Crippen molar-refractivity contribution in [3.05, 3.63) is 42.2 Å². The van der Waals surface area contributed by atoms with Crippen LogP contribution in [0.25, 0.3) is 11.3 Å². The van der Waals surface area contributed by atoms with Gasteiger partial charge in [0, 0.05) is 31.0 Å². The summed E-state index contributed by atoms with van der Waals surface area (Å²) < 4.78 is 0. The number of likely N-dealkylation sites (tertiary alicyclic amines) is 1. The van der Waals surface area contributed by atoms with E-state index in [0.29, 0.717) is 6.04 Å². The van der Waals surface area contributed by atoms with Crippen molar-refractivity contribution in [3.8, 4) is 11.3 Å². The SMILES string of the molecule is CNc1nccnc1-c1ccc([C@H](C)N2CCCCC2)cc1. The zero-order valence-corrected chi connectivity index (χ0v) is 13.4. The first-order valence-corrected chi connectivity index (χ1v) is 8.12. The molecular formula is C18H24N4. The van der Waals surface area contributed by atoms with Crippen molar-refractivity contribution in [2.75, 3.05) is 25.5 Å². The molecule has 0 aliphatic carbocycles. The number of anilines is 1. The number of benzene rings is 1. The number of piperidine rings is 1. The molecule has 1 aromatic heterocycles. The minimum absolute atomic E-state index is 0.486. The molecule has 1 fully saturated rings. The minimum Gasteiger partial charge on any atom is -0.371 e. The Balaban J connectivity index is 1.80. The van der Waals surface area contributed by atoms with E-state index in [9.17, 15) is 0 Å². The molecule has 0 unspecified atom stereocenters. The number of rotatable bonds is 4. The van der Waals surface area contributed by atoms with E-state index in [2.05, 4.69) is 51.4 Å². The lowest BCUT2D eigenvalue weighted by Gasteiger charge is -2.32. The summed E-state index contributed by atoms with van der Waals surface area (Å²) >= 11 is 0. The summed E-state index contributed by atoms with van der Waals surface area (Å²) in [7, 11) is 1.88. The molecule has 0 amide bonds. The highest BCUT2D eigenvalue weighted by atomic mass is 15.2. The molecule has 1 N–H and O–H groups in total. The van der Waals surface area contributed by atoms with Gasteiger partial charge in [-0.05, 0) is 38.4 Å². The highest BCUT2D eigenvalue weighted by molar-refractivity contribution is 5.71. The molecular weight excluding hydrogens is 272 g/mol. The summed E-state index contributed by atoms with van der Waals surface area (Å²) in [6.45, 7) is 4.75. The summed E-state index contributed by atoms with van der Waals surface area (Å²) in [5, 5.41) is 3.10. The maximum Gasteiger partial charge on any atom is 0.152 e. The second-order valence-corrected chi connectivity index (χ2v) is 5.90. The van der Waals surface area contributed by atoms with Crippen LogP contribution < -0.4 is 5.32 Å². The van der Waals surface area contributed by atoms with Gasteiger partial charge in [0.25, 0.3) is 0 Å². The van der Waals surface area contributed by atoms with Gasteiger partial charge in [0.15, 0.2) is 5.82 Å². The third-order valence-electron chi connectivity index (χ3n) is 4.54. The Bertz CT molecular complexity index is 603. The Morgan fingerprint density at radius 1 is 1.00 bits per heavy atom. The lowest BCUT2D eigenvalue weighted by molar-refractivity contribution is 0.175. The number of aromatic nitrogens is 2. The third kappa shape index (κ3) is 3.12. The average molecular weight is 296 g/mol. The Morgan fingerprint density at radius 3 is 2.36 bits per heavy atom. The highest BCUT2D eigenvalue weighted by Gasteiger charge is 2.18. The Labute approximate surface area is 132 Å². The van der Waals surface area contributed by atoms with Crippen molar-refractivity contribution in [2.24, 2.45) is 0 Å². The van der Waals surface area contributed by atoms with Crippen LogP contribution >= 0.6 is 0 Å². The van der Waals surface area contributed by atoms with Crippen LogP contribution in [0, 0.1) is 0 Å². The third-order valence-corrected chi connectivity index (χ3v) is 4.54. The van der Waals surface area contributed by atoms with Crippen LogP contribution in [0.2, 0.25) is 0 Å². The van der Waals surface area contributed by atoms with Crippen molar-refractivity contribution < 1.29 is 0 Å². The number of hydrogen-bond acceptors (Lipinski definition) is 4. The highest BCUT2D eigenvalue weighted by Crippen LogP contribution is 2.28. The van der Waals surface area contributed by atoms with Crippen LogP contribution in [0.15, 0.2) is 36.7 Å². The lowest BCUT2D eigenvalue weighted by atomic mass is 10.0. The second-order valence-electron chi connectivity index (χ2n) is 5.90. The maximum absolute atomic E-state index is 4.45. The van der Waals surface area contributed by atoms with E-state index in [1.54, 1.807) is 12.4 Å². The van der Waals surface area contributed by atoms with Crippen LogP contribution in [0.1, 0.15) is 37.8 Å². The average Bonchev–Trinajstić information content (AvgIpc) is 2.62. The largest absolute Gasteiger partial charge is 0.371 e. The molecule has 0 bridgehead atoms. The van der Waals surface area contributed by atoms with Crippen molar-refractivity contribution >= 4 is 5.82 Å². The lowest BCUT2D eigenvalue weighted by Crippen LogP contribution is -2.32. The van der Waals surface area contributed by atoms with Crippen molar-refractivity contribution in [1.29, 1.82) is 0 Å². The molecule has 1 aliphatic heterocycles. The molecule has 2 aromatic rings. The van der Waals surface area contributed by atoms with Gasteiger partial charge in [0.2, 0.25) is 0 Å². The number of nitrogens with zero attached hydrogens (tertiary/aromatic N) is 3. The van der Waals surface area contributed by atoms with Gasteiger partial charge in [0.1, 0.15) is 5.69 Å². The van der Waals surface area contributed by atoms with Gasteiger partial charge in [-0.2, -0.15) is 0 Å². The predicted octanol–water partition coefficient (Wildman–Crippen LogP) is 3.73. The van der Waals surface area contributed by atoms with E-state index in [-0.39, 0.29) is 0 Å². The van der Waals surface area contributed by atoms with Crippen LogP contribution in [0.4, 0.5) is 5.82 Å². The van der Waals surface area contributed by atoms with E-state index in [1.165, 1.54) is 37.9 Å². The van der Waals surface area contributed by atoms with Crippen molar-refractivity contribution in [3.63, 3.8) is 0 Å². The van der Waals surface area contributed by atoms with Gasteiger partial charge in [-0.25, -0.2) is 4.98 Å². The fourth-order valence-electron chi connectivity index (χ4n) is 3.17. The van der Waals surface area contributed by atoms with E-state index >= 15 is 0 Å². The van der Waals surface area contributed by atoms with Gasteiger partial charge >= 0.3 is 0 Å². The standard InChI is InChI=1S/C18H24N4/c1-14(22-12-4-3-5-13-22)15-6-8-16(9-7-15)17-18(19-2)21-11-10-20-17/h6-11,14H,3-5,12-13H2,1-2H3,(H,19,21)/t14-/m0/s1. The number of hydrogen-bond donors (Lipinski definition) is 1. The summed E-state index contributed by atoms with van der Waals surface area (Å²) in [5.41, 5.74) is 3.38. The molecule has 0 radical (unpaired) electrons. The van der Waals surface area contributed by atoms with Gasteiger partial charge < -0.3 is 5.32 Å². The van der Waals surface area contributed by atoms with Gasteiger partial charge in [-0.1, -0.05) is 30.7 Å². The van der Waals surface area contributed by atoms with Crippen LogP contribution in [-0.2, 0) is 0 Å². The normalized spacial score (nSPS) is 17.2. The Kier molecular flexibility index (Phi) is 4.68. The second kappa shape index (κ2) is 6.88. The number of nitrogens with one attached hydrogen (secondary N) is 1. The first-order valence-electron chi connectivity index (χ1n) is 8.12. The zero-order valence-electron chi connectivity index (χ0n) is 13.4. The Hall–Kier alpha value is -1.94. The van der Waals surface area contributed by atoms with Crippen LogP contribution in [0.3, 0.4) is 0 Å². The van der Waals surface area contributed by atoms with E-state index in [1.807, 2.05) is 7.05 Å². The van der Waals surface area contributed by atoms with Crippen molar-refractivity contribution in [1.82, 2.24) is 14.9 Å². The first-order chi connectivity index (χ1) is 10.8. The molecule has 1 atom stereocenters. The first kappa shape index (κ1) is 15.0. The molecule has 1 aliphatic rings. The van der Waals surface area contributed by atoms with E-state index in [4.69, 9.17) is 0 Å². The summed E-state index contributed by atoms with van der Waals surface area (Å²) in [6, 6.07) is 9.24. The molecule has 0 spiro atoms. The summed E-state index contributed by atoms with van der Waals surface area (Å²) in [6.07, 6.45) is 7.48. The predicted molar refractivity (Wildman–Crippen MR) is 90.9 cm³/mol. The molecule has 2 heterocycles. The van der Waals surface area contributed by atoms with Crippen molar-refractivity contribution in [2.45, 2.75) is 32.2 Å². The molecule has 3 rings (SSSR count). The fourth-order valence-corrected chi connectivity index (χ4v) is 3.17. The van der Waals surface area contributed by atoms with Crippen LogP contribution in [-0.4, -0.2) is 35.0 Å². The van der Waals surface area contributed by atoms with E-state index in [0.717, 1.165) is 17.1 Å². The minimum atomic E-state index is 0.486. The van der Waals surface area contributed by atoms with Gasteiger partial charge in [0.05, 0.1) is 0 Å². The van der Waals surface area contributed by atoms with E-state index < -0.39 is 0 Å². The molecule has 116 valence electrons. The quantitative estimate of drug-likeness (QED) is 0.933. The molecule has 1 saturated heterocycles. The topological polar surface area (TPSA) is 41.1 Å².